The van der Waals surface area contributed by atoms with Crippen LogP contribution in [-0.2, 0) is 6.54 Å². The Kier molecular flexibility index (Phi) is 9.95. The predicted octanol–water partition coefficient (Wildman–Crippen LogP) is 4.89. The first-order valence-electron chi connectivity index (χ1n) is 13.5. The standard InChI is InChI=1S/C25H29N7O3.2C2H6/c1-15-22(16(2)35-29-15)18-9-10-20-23-24(18)34-14-21(19-8-4-5-11-28-19)32(23)25(33)31(20)12-6-7-17(26)13-30(3)27;2*1-2/h4-5,8-11,13,21H,6-7,12,14,26-27H2,1-3H3;2*1-2H3/b17-13-;;. The van der Waals surface area contributed by atoms with Crippen molar-refractivity contribution in [3.05, 3.63) is 76.1 Å². The molecule has 1 aromatic carbocycles. The molecule has 0 fully saturated rings. The topological polar surface area (TPSA) is 130 Å². The minimum absolute atomic E-state index is 0.102. The first-order valence-corrected chi connectivity index (χ1v) is 13.5. The van der Waals surface area contributed by atoms with E-state index in [0.717, 1.165) is 33.5 Å². The second kappa shape index (κ2) is 13.1. The fourth-order valence-electron chi connectivity index (χ4n) is 4.85. The summed E-state index contributed by atoms with van der Waals surface area (Å²) in [6, 6.07) is 9.30. The highest BCUT2D eigenvalue weighted by molar-refractivity contribution is 5.92. The third kappa shape index (κ3) is 5.85. The number of pyridine rings is 1. The van der Waals surface area contributed by atoms with Gasteiger partial charge in [-0.25, -0.2) is 10.6 Å². The number of nitrogens with two attached hydrogens (primary N) is 2. The average molecular weight is 536 g/mol. The Morgan fingerprint density at radius 1 is 1.18 bits per heavy atom. The summed E-state index contributed by atoms with van der Waals surface area (Å²) in [5.74, 6) is 7.01. The molecule has 0 aliphatic carbocycles. The van der Waals surface area contributed by atoms with Gasteiger partial charge in [0.15, 0.2) is 5.75 Å². The third-order valence-corrected chi connectivity index (χ3v) is 6.32. The Balaban J connectivity index is 0.00000100. The van der Waals surface area contributed by atoms with Crippen molar-refractivity contribution in [2.75, 3.05) is 13.7 Å². The summed E-state index contributed by atoms with van der Waals surface area (Å²) in [7, 11) is 1.72. The molecular weight excluding hydrogens is 494 g/mol. The summed E-state index contributed by atoms with van der Waals surface area (Å²) in [6.45, 7) is 12.6. The third-order valence-electron chi connectivity index (χ3n) is 6.32. The quantitative estimate of drug-likeness (QED) is 0.253. The number of rotatable bonds is 7. The van der Waals surface area contributed by atoms with E-state index in [2.05, 4.69) is 10.1 Å². The molecule has 210 valence electrons. The molecule has 10 heteroatoms. The van der Waals surface area contributed by atoms with Crippen LogP contribution in [0.4, 0.5) is 0 Å². The molecule has 4 N–H and O–H groups in total. The number of ether oxygens (including phenoxy) is 1. The first-order chi connectivity index (χ1) is 18.9. The number of benzene rings is 1. The maximum atomic E-state index is 13.8. The molecule has 0 spiro atoms. The molecule has 1 aliphatic heterocycles. The smallest absolute Gasteiger partial charge is 0.329 e. The van der Waals surface area contributed by atoms with Gasteiger partial charge in [-0.3, -0.25) is 14.1 Å². The van der Waals surface area contributed by atoms with Crippen LogP contribution < -0.4 is 22.0 Å². The van der Waals surface area contributed by atoms with E-state index < -0.39 is 0 Å². The molecule has 0 radical (unpaired) electrons. The number of allylic oxidation sites excluding steroid dienone is 1. The average Bonchev–Trinajstić information content (AvgIpc) is 3.43. The lowest BCUT2D eigenvalue weighted by Gasteiger charge is -2.26. The van der Waals surface area contributed by atoms with Crippen molar-refractivity contribution >= 4 is 11.0 Å². The van der Waals surface area contributed by atoms with E-state index in [1.807, 2.05) is 76.4 Å². The Labute approximate surface area is 229 Å². The highest BCUT2D eigenvalue weighted by Gasteiger charge is 2.32. The molecule has 4 heterocycles. The molecule has 0 amide bonds. The number of hydrazine groups is 1. The van der Waals surface area contributed by atoms with Crippen molar-refractivity contribution in [1.29, 1.82) is 0 Å². The summed E-state index contributed by atoms with van der Waals surface area (Å²) >= 11 is 0. The van der Waals surface area contributed by atoms with Crippen molar-refractivity contribution in [3.63, 3.8) is 0 Å². The van der Waals surface area contributed by atoms with Crippen LogP contribution in [0.1, 0.15) is 63.7 Å². The largest absolute Gasteiger partial charge is 0.488 e. The second-order valence-corrected chi connectivity index (χ2v) is 8.87. The van der Waals surface area contributed by atoms with Gasteiger partial charge in [0.25, 0.3) is 0 Å². The lowest BCUT2D eigenvalue weighted by Crippen LogP contribution is -2.33. The van der Waals surface area contributed by atoms with Crippen molar-refractivity contribution in [3.8, 4) is 16.9 Å². The predicted molar refractivity (Wildman–Crippen MR) is 155 cm³/mol. The van der Waals surface area contributed by atoms with Gasteiger partial charge in [0.2, 0.25) is 0 Å². The van der Waals surface area contributed by atoms with E-state index in [1.165, 1.54) is 5.01 Å². The summed E-state index contributed by atoms with van der Waals surface area (Å²) in [6.07, 6.45) is 4.71. The van der Waals surface area contributed by atoms with Crippen molar-refractivity contribution in [2.45, 2.75) is 67.0 Å². The number of aryl methyl sites for hydroxylation is 3. The van der Waals surface area contributed by atoms with Gasteiger partial charge in [0, 0.05) is 37.2 Å². The van der Waals surface area contributed by atoms with E-state index >= 15 is 0 Å². The van der Waals surface area contributed by atoms with Crippen LogP contribution in [0.5, 0.6) is 5.75 Å². The normalized spacial score (nSPS) is 14.2. The molecule has 1 aliphatic rings. The van der Waals surface area contributed by atoms with E-state index in [9.17, 15) is 4.79 Å². The van der Waals surface area contributed by atoms with E-state index in [-0.39, 0.29) is 11.7 Å². The summed E-state index contributed by atoms with van der Waals surface area (Å²) in [5, 5.41) is 5.53. The van der Waals surface area contributed by atoms with Gasteiger partial charge in [0.05, 0.1) is 22.5 Å². The second-order valence-electron chi connectivity index (χ2n) is 8.87. The van der Waals surface area contributed by atoms with Crippen LogP contribution in [0.3, 0.4) is 0 Å². The van der Waals surface area contributed by atoms with Gasteiger partial charge in [0.1, 0.15) is 23.9 Å². The van der Waals surface area contributed by atoms with Crippen LogP contribution in [0.25, 0.3) is 22.2 Å². The Hall–Kier alpha value is -4.05. The van der Waals surface area contributed by atoms with Crippen LogP contribution in [0, 0.1) is 13.8 Å². The lowest BCUT2D eigenvalue weighted by molar-refractivity contribution is 0.254. The summed E-state index contributed by atoms with van der Waals surface area (Å²) in [5.41, 5.74) is 11.5. The van der Waals surface area contributed by atoms with Gasteiger partial charge >= 0.3 is 5.69 Å². The molecule has 0 bridgehead atoms. The Morgan fingerprint density at radius 2 is 1.92 bits per heavy atom. The fraction of sp³-hybridized carbons (Fsp3) is 0.414. The molecule has 10 nitrogen and oxygen atoms in total. The SMILES string of the molecule is CC.CC.Cc1noc(C)c1-c1ccc2c3c1OCC(c1ccccn1)n3c(=O)n2CCC/C(N)=C/N(C)N. The summed E-state index contributed by atoms with van der Waals surface area (Å²) in [4.78, 5) is 18.3. The number of aromatic nitrogens is 4. The van der Waals surface area contributed by atoms with Gasteiger partial charge in [-0.05, 0) is 51.0 Å². The van der Waals surface area contributed by atoms with Crippen LogP contribution in [0.2, 0.25) is 0 Å². The number of hydrogen-bond acceptors (Lipinski definition) is 8. The van der Waals surface area contributed by atoms with Crippen LogP contribution in [-0.4, -0.2) is 37.9 Å². The Bertz CT molecular complexity index is 1450. The molecule has 5 rings (SSSR count). The number of hydrogen-bond donors (Lipinski definition) is 2. The highest BCUT2D eigenvalue weighted by Crippen LogP contribution is 2.43. The summed E-state index contributed by atoms with van der Waals surface area (Å²) < 4.78 is 15.4. The van der Waals surface area contributed by atoms with Gasteiger partial charge in [-0.1, -0.05) is 38.9 Å². The maximum absolute atomic E-state index is 13.8. The molecule has 39 heavy (non-hydrogen) atoms. The van der Waals surface area contributed by atoms with E-state index in [4.69, 9.17) is 20.8 Å². The molecule has 4 aromatic rings. The first kappa shape index (κ1) is 29.5. The molecular formula is C29H41N7O3. The molecule has 1 unspecified atom stereocenters. The van der Waals surface area contributed by atoms with Crippen LogP contribution >= 0.6 is 0 Å². The zero-order valence-corrected chi connectivity index (χ0v) is 24.1. The van der Waals surface area contributed by atoms with E-state index in [0.29, 0.717) is 43.2 Å². The maximum Gasteiger partial charge on any atom is 0.329 e. The van der Waals surface area contributed by atoms with Gasteiger partial charge in [-0.15, -0.1) is 0 Å². The number of imidazole rings is 1. The zero-order chi connectivity index (χ0) is 28.7. The zero-order valence-electron chi connectivity index (χ0n) is 24.1. The Morgan fingerprint density at radius 3 is 2.54 bits per heavy atom. The van der Waals surface area contributed by atoms with Crippen molar-refractivity contribution in [2.24, 2.45) is 11.6 Å². The lowest BCUT2D eigenvalue weighted by atomic mass is 10.0. The highest BCUT2D eigenvalue weighted by atomic mass is 16.5. The minimum Gasteiger partial charge on any atom is -0.488 e. The molecule has 0 saturated carbocycles. The van der Waals surface area contributed by atoms with E-state index in [1.54, 1.807) is 24.0 Å². The van der Waals surface area contributed by atoms with Gasteiger partial charge in [-0.2, -0.15) is 0 Å². The number of nitrogens with zero attached hydrogens (tertiary/aromatic N) is 5. The van der Waals surface area contributed by atoms with Crippen LogP contribution in [0.15, 0.2) is 57.7 Å². The van der Waals surface area contributed by atoms with Crippen molar-refractivity contribution in [1.82, 2.24) is 24.3 Å². The monoisotopic (exact) mass is 535 g/mol. The van der Waals surface area contributed by atoms with Crippen molar-refractivity contribution < 1.29 is 9.26 Å². The molecule has 0 saturated heterocycles. The fourth-order valence-corrected chi connectivity index (χ4v) is 4.85. The molecule has 3 aromatic heterocycles. The van der Waals surface area contributed by atoms with Gasteiger partial charge < -0.3 is 20.0 Å². The molecule has 1 atom stereocenters. The minimum atomic E-state index is -0.337.